The van der Waals surface area contributed by atoms with E-state index in [0.29, 0.717) is 17.7 Å². The van der Waals surface area contributed by atoms with Crippen LogP contribution in [0.3, 0.4) is 0 Å². The number of hydrogen-bond donors (Lipinski definition) is 0. The van der Waals surface area contributed by atoms with Gasteiger partial charge in [0.1, 0.15) is 11.9 Å². The fourth-order valence-electron chi connectivity index (χ4n) is 2.06. The van der Waals surface area contributed by atoms with Crippen LogP contribution >= 0.6 is 15.9 Å². The van der Waals surface area contributed by atoms with Crippen molar-refractivity contribution in [1.29, 1.82) is 0 Å². The van der Waals surface area contributed by atoms with E-state index in [2.05, 4.69) is 20.9 Å². The normalized spacial score (nSPS) is 18.1. The van der Waals surface area contributed by atoms with Gasteiger partial charge >= 0.3 is 0 Å². The number of ether oxygens (including phenoxy) is 1. The molecule has 0 N–H and O–H groups in total. The zero-order valence-electron chi connectivity index (χ0n) is 9.47. The maximum absolute atomic E-state index is 12.1. The monoisotopic (exact) mass is 303 g/mol. The summed E-state index contributed by atoms with van der Waals surface area (Å²) in [4.78, 5) is 16.1. The number of aromatic nitrogens is 1. The van der Waals surface area contributed by atoms with Gasteiger partial charge in [-0.2, -0.15) is 0 Å². The van der Waals surface area contributed by atoms with Crippen LogP contribution in [0.5, 0.6) is 5.75 Å². The predicted octanol–water partition coefficient (Wildman–Crippen LogP) is 3.55. The Hall–Kier alpha value is -1.68. The Kier molecular flexibility index (Phi) is 2.88. The minimum atomic E-state index is -0.214. The van der Waals surface area contributed by atoms with Gasteiger partial charge < -0.3 is 4.74 Å². The maximum Gasteiger partial charge on any atom is 0.170 e. The lowest BCUT2D eigenvalue weighted by atomic mass is 9.97. The van der Waals surface area contributed by atoms with Gasteiger partial charge in [0, 0.05) is 16.9 Å². The number of benzene rings is 1. The number of Topliss-reactive ketones (excluding diaryl/α,β-unsaturated/α-hetero) is 1. The molecule has 4 heteroatoms. The third kappa shape index (κ3) is 2.04. The number of carbonyl (C=O) groups excluding carboxylic acids is 1. The largest absolute Gasteiger partial charge is 0.484 e. The molecule has 3 rings (SSSR count). The molecule has 1 unspecified atom stereocenters. The van der Waals surface area contributed by atoms with Crippen molar-refractivity contribution in [2.24, 2.45) is 0 Å². The van der Waals surface area contributed by atoms with E-state index in [-0.39, 0.29) is 11.9 Å². The molecule has 0 radical (unpaired) electrons. The van der Waals surface area contributed by atoms with Crippen LogP contribution in [0.4, 0.5) is 0 Å². The average Bonchev–Trinajstić information content (AvgIpc) is 2.40. The molecule has 18 heavy (non-hydrogen) atoms. The summed E-state index contributed by atoms with van der Waals surface area (Å²) in [5, 5.41) is 0. The Morgan fingerprint density at radius 3 is 2.78 bits per heavy atom. The van der Waals surface area contributed by atoms with E-state index in [0.717, 1.165) is 10.0 Å². The molecule has 1 aliphatic rings. The van der Waals surface area contributed by atoms with Crippen molar-refractivity contribution in [3.8, 4) is 5.75 Å². The Morgan fingerprint density at radius 2 is 2.00 bits per heavy atom. The van der Waals surface area contributed by atoms with Crippen LogP contribution < -0.4 is 4.74 Å². The van der Waals surface area contributed by atoms with Crippen LogP contribution in [0, 0.1) is 0 Å². The highest BCUT2D eigenvalue weighted by Gasteiger charge is 2.27. The van der Waals surface area contributed by atoms with Gasteiger partial charge in [-0.05, 0) is 35.9 Å². The molecule has 0 saturated heterocycles. The van der Waals surface area contributed by atoms with Gasteiger partial charge in [0.15, 0.2) is 5.78 Å². The number of ketones is 1. The van der Waals surface area contributed by atoms with Crippen molar-refractivity contribution >= 4 is 21.7 Å². The quantitative estimate of drug-likeness (QED) is 0.809. The van der Waals surface area contributed by atoms with Gasteiger partial charge in [-0.1, -0.05) is 15.9 Å². The molecule has 1 aromatic heterocycles. The third-order valence-electron chi connectivity index (χ3n) is 2.96. The molecule has 0 bridgehead atoms. The van der Waals surface area contributed by atoms with E-state index < -0.39 is 0 Å². The van der Waals surface area contributed by atoms with Crippen molar-refractivity contribution in [2.45, 2.75) is 12.5 Å². The standard InChI is InChI=1S/C14H10BrNO2/c15-10-1-2-13-11(7-10)12(17)8-14(18-13)9-3-5-16-6-4-9/h1-7,14H,8H2. The summed E-state index contributed by atoms with van der Waals surface area (Å²) in [6, 6.07) is 9.26. The summed E-state index contributed by atoms with van der Waals surface area (Å²) in [6.07, 6.45) is 3.57. The molecule has 1 aliphatic heterocycles. The lowest BCUT2D eigenvalue weighted by molar-refractivity contribution is 0.0850. The highest BCUT2D eigenvalue weighted by atomic mass is 79.9. The summed E-state index contributed by atoms with van der Waals surface area (Å²) >= 11 is 3.36. The van der Waals surface area contributed by atoms with E-state index >= 15 is 0 Å². The second-order valence-electron chi connectivity index (χ2n) is 4.15. The summed E-state index contributed by atoms with van der Waals surface area (Å²) in [6.45, 7) is 0. The van der Waals surface area contributed by atoms with Crippen LogP contribution in [0.15, 0.2) is 47.2 Å². The molecule has 2 heterocycles. The second-order valence-corrected chi connectivity index (χ2v) is 5.07. The van der Waals surface area contributed by atoms with Crippen molar-refractivity contribution < 1.29 is 9.53 Å². The van der Waals surface area contributed by atoms with E-state index in [1.165, 1.54) is 0 Å². The van der Waals surface area contributed by atoms with Gasteiger partial charge in [-0.25, -0.2) is 0 Å². The molecule has 0 amide bonds. The van der Waals surface area contributed by atoms with Gasteiger partial charge in [0.05, 0.1) is 12.0 Å². The molecule has 1 aromatic carbocycles. The lowest BCUT2D eigenvalue weighted by Gasteiger charge is -2.25. The van der Waals surface area contributed by atoms with E-state index in [1.54, 1.807) is 18.5 Å². The minimum absolute atomic E-state index is 0.111. The number of hydrogen-bond acceptors (Lipinski definition) is 3. The molecule has 0 aliphatic carbocycles. The first-order valence-corrected chi connectivity index (χ1v) is 6.42. The fourth-order valence-corrected chi connectivity index (χ4v) is 2.42. The smallest absolute Gasteiger partial charge is 0.170 e. The highest BCUT2D eigenvalue weighted by molar-refractivity contribution is 9.10. The number of nitrogens with zero attached hydrogens (tertiary/aromatic N) is 1. The number of pyridine rings is 1. The third-order valence-corrected chi connectivity index (χ3v) is 3.45. The van der Waals surface area contributed by atoms with Crippen molar-refractivity contribution in [2.75, 3.05) is 0 Å². The van der Waals surface area contributed by atoms with Gasteiger partial charge in [0.25, 0.3) is 0 Å². The summed E-state index contributed by atoms with van der Waals surface area (Å²) < 4.78 is 6.76. The number of carbonyl (C=O) groups is 1. The molecular formula is C14H10BrNO2. The van der Waals surface area contributed by atoms with Crippen LogP contribution in [-0.2, 0) is 0 Å². The molecular weight excluding hydrogens is 294 g/mol. The first-order valence-electron chi connectivity index (χ1n) is 5.63. The summed E-state index contributed by atoms with van der Waals surface area (Å²) in [5.41, 5.74) is 1.63. The van der Waals surface area contributed by atoms with Crippen molar-refractivity contribution in [3.63, 3.8) is 0 Å². The average molecular weight is 304 g/mol. The Balaban J connectivity index is 1.97. The number of halogens is 1. The van der Waals surface area contributed by atoms with Crippen molar-refractivity contribution in [1.82, 2.24) is 4.98 Å². The van der Waals surface area contributed by atoms with E-state index in [1.807, 2.05) is 24.3 Å². The Labute approximate surface area is 113 Å². The molecule has 1 atom stereocenters. The van der Waals surface area contributed by atoms with E-state index in [9.17, 15) is 4.79 Å². The molecule has 0 spiro atoms. The van der Waals surface area contributed by atoms with Crippen molar-refractivity contribution in [3.05, 3.63) is 58.3 Å². The molecule has 0 fully saturated rings. The molecule has 0 saturated carbocycles. The maximum atomic E-state index is 12.1. The molecule has 90 valence electrons. The topological polar surface area (TPSA) is 39.2 Å². The minimum Gasteiger partial charge on any atom is -0.484 e. The number of fused-ring (bicyclic) bond motifs is 1. The first kappa shape index (κ1) is 11.4. The molecule has 3 nitrogen and oxygen atoms in total. The zero-order chi connectivity index (χ0) is 12.5. The van der Waals surface area contributed by atoms with Crippen LogP contribution in [0.25, 0.3) is 0 Å². The summed E-state index contributed by atoms with van der Waals surface area (Å²) in [7, 11) is 0. The second kappa shape index (κ2) is 4.53. The fraction of sp³-hybridized carbons (Fsp3) is 0.143. The molecule has 2 aromatic rings. The van der Waals surface area contributed by atoms with Gasteiger partial charge in [0.2, 0.25) is 0 Å². The van der Waals surface area contributed by atoms with Crippen LogP contribution in [-0.4, -0.2) is 10.8 Å². The van der Waals surface area contributed by atoms with E-state index in [4.69, 9.17) is 4.74 Å². The lowest BCUT2D eigenvalue weighted by Crippen LogP contribution is -2.20. The Bertz CT molecular complexity index is 598. The number of rotatable bonds is 1. The SMILES string of the molecule is O=C1CC(c2ccncc2)Oc2ccc(Br)cc21. The summed E-state index contributed by atoms with van der Waals surface area (Å²) in [5.74, 6) is 0.760. The first-order chi connectivity index (χ1) is 8.74. The Morgan fingerprint density at radius 1 is 1.22 bits per heavy atom. The van der Waals surface area contributed by atoms with Gasteiger partial charge in [-0.3, -0.25) is 9.78 Å². The van der Waals surface area contributed by atoms with Crippen LogP contribution in [0.2, 0.25) is 0 Å². The highest BCUT2D eigenvalue weighted by Crippen LogP contribution is 2.35. The van der Waals surface area contributed by atoms with Gasteiger partial charge in [-0.15, -0.1) is 0 Å². The predicted molar refractivity (Wildman–Crippen MR) is 70.7 cm³/mol. The zero-order valence-corrected chi connectivity index (χ0v) is 11.1. The van der Waals surface area contributed by atoms with Crippen LogP contribution in [0.1, 0.15) is 28.4 Å².